The van der Waals surface area contributed by atoms with Crippen molar-refractivity contribution in [2.24, 2.45) is 4.99 Å². The number of benzene rings is 3. The summed E-state index contributed by atoms with van der Waals surface area (Å²) in [5.41, 5.74) is 2.39. The molecule has 0 aromatic heterocycles. The number of nitrogens with zero attached hydrogens (tertiary/aromatic N) is 2. The van der Waals surface area contributed by atoms with Crippen molar-refractivity contribution in [2.45, 2.75) is 13.5 Å². The summed E-state index contributed by atoms with van der Waals surface area (Å²) in [6, 6.07) is 17.5. The number of hydrogen-bond acceptors (Lipinski definition) is 5. The second-order valence-corrected chi connectivity index (χ2v) is 10.8. The SMILES string of the molecule is CCN1C(=O)C(=Cc2cc(Br)c(OCc3ccc(Cl)cc3)c(Br)c2)SC1=Nc1cccc(C(=O)O)c1. The topological polar surface area (TPSA) is 79.2 Å². The molecular weight excluding hydrogens is 632 g/mol. The van der Waals surface area contributed by atoms with Crippen LogP contribution in [0.4, 0.5) is 5.69 Å². The Morgan fingerprint density at radius 1 is 1.14 bits per heavy atom. The Kier molecular flexibility index (Phi) is 8.56. The van der Waals surface area contributed by atoms with E-state index in [2.05, 4.69) is 36.9 Å². The Morgan fingerprint density at radius 3 is 2.47 bits per heavy atom. The van der Waals surface area contributed by atoms with Crippen molar-refractivity contribution in [3.8, 4) is 5.75 Å². The van der Waals surface area contributed by atoms with Gasteiger partial charge in [-0.3, -0.25) is 9.69 Å². The van der Waals surface area contributed by atoms with E-state index in [1.54, 1.807) is 23.1 Å². The first-order valence-electron chi connectivity index (χ1n) is 10.7. The number of halogens is 3. The molecule has 0 bridgehead atoms. The lowest BCUT2D eigenvalue weighted by Crippen LogP contribution is -2.28. The Hall–Kier alpha value is -2.59. The fraction of sp³-hybridized carbons (Fsp3) is 0.115. The summed E-state index contributed by atoms with van der Waals surface area (Å²) >= 11 is 14.3. The Balaban J connectivity index is 1.56. The van der Waals surface area contributed by atoms with Crippen molar-refractivity contribution >= 4 is 84.0 Å². The fourth-order valence-corrected chi connectivity index (χ4v) is 6.02. The number of amides is 1. The molecule has 0 spiro atoms. The maximum atomic E-state index is 13.0. The zero-order valence-electron chi connectivity index (χ0n) is 18.9. The summed E-state index contributed by atoms with van der Waals surface area (Å²) in [6.45, 7) is 2.67. The third kappa shape index (κ3) is 6.21. The Morgan fingerprint density at radius 2 is 1.83 bits per heavy atom. The van der Waals surface area contributed by atoms with Crippen LogP contribution in [0.2, 0.25) is 5.02 Å². The van der Waals surface area contributed by atoms with Crippen molar-refractivity contribution in [2.75, 3.05) is 6.54 Å². The minimum Gasteiger partial charge on any atom is -0.487 e. The quantitative estimate of drug-likeness (QED) is 0.265. The highest BCUT2D eigenvalue weighted by Gasteiger charge is 2.32. The van der Waals surface area contributed by atoms with Crippen molar-refractivity contribution < 1.29 is 19.4 Å². The van der Waals surface area contributed by atoms with Gasteiger partial charge < -0.3 is 9.84 Å². The predicted octanol–water partition coefficient (Wildman–Crippen LogP) is 7.77. The molecule has 0 atom stereocenters. The predicted molar refractivity (Wildman–Crippen MR) is 151 cm³/mol. The van der Waals surface area contributed by atoms with Crippen LogP contribution >= 0.6 is 55.2 Å². The van der Waals surface area contributed by atoms with E-state index in [9.17, 15) is 14.7 Å². The van der Waals surface area contributed by atoms with E-state index in [1.165, 1.54) is 23.9 Å². The summed E-state index contributed by atoms with van der Waals surface area (Å²) in [5, 5.41) is 10.4. The molecule has 4 rings (SSSR count). The van der Waals surface area contributed by atoms with Gasteiger partial charge in [0.25, 0.3) is 5.91 Å². The standard InChI is InChI=1S/C26H19Br2ClN2O4S/c1-2-31-24(32)22(36-26(31)30-19-5-3-4-17(13-19)25(33)34)12-16-10-20(27)23(21(28)11-16)35-14-15-6-8-18(29)9-7-15/h3-13H,2,14H2,1H3,(H,33,34). The van der Waals surface area contributed by atoms with E-state index in [0.29, 0.717) is 39.7 Å². The molecule has 3 aromatic carbocycles. The van der Waals surface area contributed by atoms with Gasteiger partial charge in [0.05, 0.1) is 25.1 Å². The van der Waals surface area contributed by atoms with Crippen LogP contribution in [0, 0.1) is 0 Å². The van der Waals surface area contributed by atoms with Crippen LogP contribution in [-0.4, -0.2) is 33.6 Å². The molecule has 0 unspecified atom stereocenters. The van der Waals surface area contributed by atoms with Gasteiger partial charge in [-0.2, -0.15) is 0 Å². The van der Waals surface area contributed by atoms with Gasteiger partial charge in [-0.15, -0.1) is 0 Å². The molecule has 1 amide bonds. The molecule has 0 aliphatic carbocycles. The highest BCUT2D eigenvalue weighted by Crippen LogP contribution is 2.38. The third-order valence-corrected chi connectivity index (χ3v) is 7.57. The van der Waals surface area contributed by atoms with Gasteiger partial charge in [0.2, 0.25) is 0 Å². The molecule has 1 N–H and O–H groups in total. The van der Waals surface area contributed by atoms with E-state index in [4.69, 9.17) is 16.3 Å². The van der Waals surface area contributed by atoms with Crippen molar-refractivity contribution in [3.63, 3.8) is 0 Å². The van der Waals surface area contributed by atoms with E-state index in [0.717, 1.165) is 20.1 Å². The van der Waals surface area contributed by atoms with Crippen molar-refractivity contribution in [1.82, 2.24) is 4.90 Å². The maximum Gasteiger partial charge on any atom is 0.335 e. The second-order valence-electron chi connectivity index (χ2n) is 7.64. The number of aliphatic imine (C=N–C) groups is 1. The molecule has 0 saturated carbocycles. The van der Waals surface area contributed by atoms with Gasteiger partial charge in [0.1, 0.15) is 12.4 Å². The van der Waals surface area contributed by atoms with Gasteiger partial charge in [-0.05, 0) is 110 Å². The lowest BCUT2D eigenvalue weighted by molar-refractivity contribution is -0.122. The van der Waals surface area contributed by atoms with E-state index >= 15 is 0 Å². The number of carbonyl (C=O) groups is 2. The van der Waals surface area contributed by atoms with Crippen LogP contribution in [0.3, 0.4) is 0 Å². The summed E-state index contributed by atoms with van der Waals surface area (Å²) in [5.74, 6) is -0.545. The third-order valence-electron chi connectivity index (χ3n) is 5.14. The molecule has 1 saturated heterocycles. The number of carbonyl (C=O) groups excluding carboxylic acids is 1. The normalized spacial score (nSPS) is 15.7. The maximum absolute atomic E-state index is 13.0. The number of carboxylic acid groups (broad SMARTS) is 1. The zero-order valence-corrected chi connectivity index (χ0v) is 23.6. The number of hydrogen-bond donors (Lipinski definition) is 1. The number of thioether (sulfide) groups is 1. The average Bonchev–Trinajstić information content (AvgIpc) is 3.13. The van der Waals surface area contributed by atoms with Crippen LogP contribution in [-0.2, 0) is 11.4 Å². The number of amidine groups is 1. The minimum absolute atomic E-state index is 0.137. The summed E-state index contributed by atoms with van der Waals surface area (Å²) < 4.78 is 7.46. The molecule has 184 valence electrons. The molecule has 1 aliphatic heterocycles. The highest BCUT2D eigenvalue weighted by atomic mass is 79.9. The average molecular weight is 651 g/mol. The molecule has 1 heterocycles. The number of rotatable bonds is 7. The number of carboxylic acids is 1. The molecule has 1 aliphatic rings. The second kappa shape index (κ2) is 11.6. The van der Waals surface area contributed by atoms with Crippen molar-refractivity contribution in [1.29, 1.82) is 0 Å². The molecular formula is C26H19Br2ClN2O4S. The molecule has 36 heavy (non-hydrogen) atoms. The molecule has 6 nitrogen and oxygen atoms in total. The van der Waals surface area contributed by atoms with E-state index < -0.39 is 5.97 Å². The molecule has 0 radical (unpaired) electrons. The van der Waals surface area contributed by atoms with Gasteiger partial charge in [-0.1, -0.05) is 29.8 Å². The van der Waals surface area contributed by atoms with Gasteiger partial charge in [0, 0.05) is 11.6 Å². The highest BCUT2D eigenvalue weighted by molar-refractivity contribution is 9.11. The van der Waals surface area contributed by atoms with Crippen LogP contribution in [0.1, 0.15) is 28.4 Å². The lowest BCUT2D eigenvalue weighted by Gasteiger charge is -2.12. The number of ether oxygens (including phenoxy) is 1. The first-order valence-corrected chi connectivity index (χ1v) is 13.5. The molecule has 1 fully saturated rings. The van der Waals surface area contributed by atoms with E-state index in [-0.39, 0.29) is 11.5 Å². The Labute approximate surface area is 234 Å². The lowest BCUT2D eigenvalue weighted by atomic mass is 10.2. The number of aromatic carboxylic acids is 1. The monoisotopic (exact) mass is 648 g/mol. The van der Waals surface area contributed by atoms with Crippen LogP contribution in [0.25, 0.3) is 6.08 Å². The van der Waals surface area contributed by atoms with Crippen LogP contribution in [0.15, 0.2) is 79.5 Å². The summed E-state index contributed by atoms with van der Waals surface area (Å²) in [4.78, 5) is 30.9. The first kappa shape index (κ1) is 26.5. The molecule has 10 heteroatoms. The van der Waals surface area contributed by atoms with Crippen molar-refractivity contribution in [3.05, 3.63) is 96.2 Å². The Bertz CT molecular complexity index is 1370. The van der Waals surface area contributed by atoms with Gasteiger partial charge >= 0.3 is 5.97 Å². The first-order chi connectivity index (χ1) is 17.2. The molecule has 3 aromatic rings. The summed E-state index contributed by atoms with van der Waals surface area (Å²) in [7, 11) is 0. The minimum atomic E-state index is -1.03. The van der Waals surface area contributed by atoms with Gasteiger partial charge in [0.15, 0.2) is 5.17 Å². The summed E-state index contributed by atoms with van der Waals surface area (Å²) in [6.07, 6.45) is 1.80. The fourth-order valence-electron chi connectivity index (χ4n) is 3.38. The largest absolute Gasteiger partial charge is 0.487 e. The zero-order chi connectivity index (χ0) is 25.8. The number of likely N-dealkylation sites (N-methyl/N-ethyl adjacent to an activating group) is 1. The van der Waals surface area contributed by atoms with Crippen LogP contribution < -0.4 is 4.74 Å². The van der Waals surface area contributed by atoms with Gasteiger partial charge in [-0.25, -0.2) is 9.79 Å². The van der Waals surface area contributed by atoms with E-state index in [1.807, 2.05) is 43.3 Å². The smallest absolute Gasteiger partial charge is 0.335 e. The van der Waals surface area contributed by atoms with Crippen LogP contribution in [0.5, 0.6) is 5.75 Å².